The summed E-state index contributed by atoms with van der Waals surface area (Å²) >= 11 is 6.71. The molecule has 9 heavy (non-hydrogen) atoms. The van der Waals surface area contributed by atoms with Gasteiger partial charge in [-0.25, -0.2) is 0 Å². The Kier molecular flexibility index (Phi) is 2.35. The predicted molar refractivity (Wildman–Crippen MR) is 36.8 cm³/mol. The second-order valence-corrected chi connectivity index (χ2v) is 3.68. The SMILES string of the molecule is Fc1cc[c]([Sn])cc1Cl. The van der Waals surface area contributed by atoms with Crippen LogP contribution in [-0.2, 0) is 0 Å². The fourth-order valence-corrected chi connectivity index (χ4v) is 1.59. The van der Waals surface area contributed by atoms with Crippen molar-refractivity contribution < 1.29 is 4.39 Å². The van der Waals surface area contributed by atoms with E-state index in [1.54, 1.807) is 12.1 Å². The van der Waals surface area contributed by atoms with E-state index in [2.05, 4.69) is 0 Å². The zero-order chi connectivity index (χ0) is 6.85. The molecule has 0 amide bonds. The van der Waals surface area contributed by atoms with Gasteiger partial charge in [-0.15, -0.1) is 0 Å². The number of hydrogen-bond donors (Lipinski definition) is 0. The van der Waals surface area contributed by atoms with Gasteiger partial charge in [0, 0.05) is 0 Å². The van der Waals surface area contributed by atoms with Crippen molar-refractivity contribution in [1.82, 2.24) is 0 Å². The van der Waals surface area contributed by atoms with Crippen LogP contribution in [0.2, 0.25) is 5.02 Å². The maximum atomic E-state index is 12.4. The Labute approximate surface area is 71.1 Å². The fraction of sp³-hybridized carbons (Fsp3) is 0. The summed E-state index contributed by atoms with van der Waals surface area (Å²) in [7, 11) is 0. The first-order chi connectivity index (χ1) is 4.20. The summed E-state index contributed by atoms with van der Waals surface area (Å²) in [4.78, 5) is 0. The molecule has 1 aromatic rings. The summed E-state index contributed by atoms with van der Waals surface area (Å²) < 4.78 is 13.4. The van der Waals surface area contributed by atoms with E-state index in [0.717, 1.165) is 3.58 Å². The van der Waals surface area contributed by atoms with Crippen LogP contribution in [-0.4, -0.2) is 22.5 Å². The fourth-order valence-electron chi connectivity index (χ4n) is 0.496. The van der Waals surface area contributed by atoms with Crippen molar-refractivity contribution in [2.75, 3.05) is 0 Å². The molecular weight excluding hydrogens is 245 g/mol. The average Bonchev–Trinajstić information content (AvgIpc) is 1.80. The molecule has 0 saturated heterocycles. The summed E-state index contributed by atoms with van der Waals surface area (Å²) in [6.07, 6.45) is 0. The standard InChI is InChI=1S/C6H3ClF.Sn/c7-5-3-1-2-4-6(5)8;/h2-4H;. The predicted octanol–water partition coefficient (Wildman–Crippen LogP) is 1.27. The van der Waals surface area contributed by atoms with Gasteiger partial charge in [0.15, 0.2) is 0 Å². The van der Waals surface area contributed by atoms with Crippen LogP contribution in [0.15, 0.2) is 18.2 Å². The number of benzene rings is 1. The van der Waals surface area contributed by atoms with Crippen LogP contribution >= 0.6 is 11.6 Å². The minimum atomic E-state index is -0.345. The third-order valence-electron chi connectivity index (χ3n) is 0.920. The quantitative estimate of drug-likeness (QED) is 0.607. The van der Waals surface area contributed by atoms with Gasteiger partial charge >= 0.3 is 71.1 Å². The summed E-state index contributed by atoms with van der Waals surface area (Å²) in [5.41, 5.74) is 0. The molecule has 0 N–H and O–H groups in total. The van der Waals surface area contributed by atoms with Crippen LogP contribution in [0.4, 0.5) is 4.39 Å². The van der Waals surface area contributed by atoms with E-state index in [0.29, 0.717) is 0 Å². The van der Waals surface area contributed by atoms with E-state index < -0.39 is 0 Å². The number of hydrogen-bond acceptors (Lipinski definition) is 0. The maximum absolute atomic E-state index is 12.4. The molecule has 1 aromatic carbocycles. The van der Waals surface area contributed by atoms with Crippen molar-refractivity contribution >= 4 is 37.7 Å². The number of halogens is 2. The van der Waals surface area contributed by atoms with E-state index in [9.17, 15) is 4.39 Å². The minimum absolute atomic E-state index is 0.212. The molecule has 1 rings (SSSR count). The van der Waals surface area contributed by atoms with Crippen LogP contribution in [0, 0.1) is 5.82 Å². The molecule has 0 aromatic heterocycles. The van der Waals surface area contributed by atoms with E-state index in [-0.39, 0.29) is 10.8 Å². The second-order valence-electron chi connectivity index (χ2n) is 1.63. The van der Waals surface area contributed by atoms with Crippen LogP contribution < -0.4 is 3.58 Å². The summed E-state index contributed by atoms with van der Waals surface area (Å²) in [6, 6.07) is 4.74. The van der Waals surface area contributed by atoms with E-state index in [1.165, 1.54) is 28.6 Å². The van der Waals surface area contributed by atoms with Gasteiger partial charge in [0.2, 0.25) is 0 Å². The van der Waals surface area contributed by atoms with Gasteiger partial charge in [0.25, 0.3) is 0 Å². The molecule has 45 valence electrons. The van der Waals surface area contributed by atoms with Crippen LogP contribution in [0.1, 0.15) is 0 Å². The Morgan fingerprint density at radius 1 is 1.44 bits per heavy atom. The Bertz CT molecular complexity index is 224. The van der Waals surface area contributed by atoms with E-state index in [1.807, 2.05) is 0 Å². The van der Waals surface area contributed by atoms with Gasteiger partial charge in [-0.3, -0.25) is 0 Å². The average molecular weight is 248 g/mol. The molecule has 0 atom stereocenters. The first kappa shape index (κ1) is 7.35. The molecular formula is C6H3ClFSn. The van der Waals surface area contributed by atoms with Crippen LogP contribution in [0.5, 0.6) is 0 Å². The molecule has 3 radical (unpaired) electrons. The third-order valence-corrected chi connectivity index (χ3v) is 2.10. The Morgan fingerprint density at radius 3 is 2.56 bits per heavy atom. The van der Waals surface area contributed by atoms with Crippen molar-refractivity contribution in [2.24, 2.45) is 0 Å². The normalized spacial score (nSPS) is 9.67. The molecule has 0 fully saturated rings. The molecule has 0 aliphatic carbocycles. The Morgan fingerprint density at radius 2 is 2.11 bits per heavy atom. The zero-order valence-electron chi connectivity index (χ0n) is 4.49. The topological polar surface area (TPSA) is 0 Å². The van der Waals surface area contributed by atoms with Gasteiger partial charge in [0.1, 0.15) is 0 Å². The summed E-state index contributed by atoms with van der Waals surface area (Å²) in [5.74, 6) is -0.345. The molecule has 0 unspecified atom stereocenters. The number of rotatable bonds is 0. The molecule has 0 aliphatic heterocycles. The monoisotopic (exact) mass is 249 g/mol. The third kappa shape index (κ3) is 1.83. The first-order valence-electron chi connectivity index (χ1n) is 2.37. The Hall–Kier alpha value is 0.239. The van der Waals surface area contributed by atoms with Crippen LogP contribution in [0.25, 0.3) is 0 Å². The summed E-state index contributed by atoms with van der Waals surface area (Å²) in [6.45, 7) is 0. The second kappa shape index (κ2) is 2.88. The molecule has 3 heteroatoms. The van der Waals surface area contributed by atoms with Crippen LogP contribution in [0.3, 0.4) is 0 Å². The van der Waals surface area contributed by atoms with E-state index in [4.69, 9.17) is 11.6 Å². The van der Waals surface area contributed by atoms with Crippen molar-refractivity contribution in [1.29, 1.82) is 0 Å². The van der Waals surface area contributed by atoms with Crippen molar-refractivity contribution in [3.05, 3.63) is 29.0 Å². The van der Waals surface area contributed by atoms with Crippen molar-refractivity contribution in [3.63, 3.8) is 0 Å². The van der Waals surface area contributed by atoms with Gasteiger partial charge in [-0.2, -0.15) is 0 Å². The summed E-state index contributed by atoms with van der Waals surface area (Å²) in [5, 5.41) is 0.212. The molecule has 0 saturated carbocycles. The molecule has 0 spiro atoms. The molecule has 0 heterocycles. The molecule has 0 bridgehead atoms. The van der Waals surface area contributed by atoms with Crippen molar-refractivity contribution in [2.45, 2.75) is 0 Å². The van der Waals surface area contributed by atoms with E-state index >= 15 is 0 Å². The molecule has 0 nitrogen and oxygen atoms in total. The molecule has 0 aliphatic rings. The van der Waals surface area contributed by atoms with Gasteiger partial charge in [-0.1, -0.05) is 0 Å². The van der Waals surface area contributed by atoms with Gasteiger partial charge in [0.05, 0.1) is 0 Å². The van der Waals surface area contributed by atoms with Gasteiger partial charge in [-0.05, 0) is 0 Å². The first-order valence-corrected chi connectivity index (χ1v) is 4.17. The van der Waals surface area contributed by atoms with Crippen molar-refractivity contribution in [3.8, 4) is 0 Å². The van der Waals surface area contributed by atoms with Gasteiger partial charge < -0.3 is 0 Å². The zero-order valence-corrected chi connectivity index (χ0v) is 8.10. The Balaban J connectivity index is 3.17.